The summed E-state index contributed by atoms with van der Waals surface area (Å²) in [6, 6.07) is 7.50. The first-order chi connectivity index (χ1) is 10.1. The molecule has 0 spiro atoms. The van der Waals surface area contributed by atoms with Gasteiger partial charge in [0.1, 0.15) is 5.52 Å². The lowest BCUT2D eigenvalue weighted by Gasteiger charge is -2.10. The summed E-state index contributed by atoms with van der Waals surface area (Å²) in [7, 11) is 0. The molecule has 5 heteroatoms. The molecule has 2 aromatic heterocycles. The van der Waals surface area contributed by atoms with Crippen LogP contribution in [0.3, 0.4) is 0 Å². The fraction of sp³-hybridized carbons (Fsp3) is 0.125. The molecule has 0 bridgehead atoms. The van der Waals surface area contributed by atoms with Gasteiger partial charge in [-0.25, -0.2) is 9.97 Å². The minimum atomic E-state index is -0.205. The Balaban J connectivity index is 1.91. The number of carbonyl (C=O) groups is 1. The zero-order valence-corrected chi connectivity index (χ0v) is 11.8. The number of fused-ring (bicyclic) bond motifs is 1. The average Bonchev–Trinajstić information content (AvgIpc) is 2.51. The van der Waals surface area contributed by atoms with Crippen molar-refractivity contribution < 1.29 is 4.79 Å². The van der Waals surface area contributed by atoms with E-state index in [4.69, 9.17) is 0 Å². The van der Waals surface area contributed by atoms with Gasteiger partial charge < -0.3 is 5.32 Å². The zero-order chi connectivity index (χ0) is 14.8. The Morgan fingerprint density at radius 1 is 1.10 bits per heavy atom. The summed E-state index contributed by atoms with van der Waals surface area (Å²) in [5, 5.41) is 2.90. The first kappa shape index (κ1) is 13.2. The van der Waals surface area contributed by atoms with Crippen molar-refractivity contribution in [3.05, 3.63) is 59.5 Å². The van der Waals surface area contributed by atoms with Crippen molar-refractivity contribution in [3.63, 3.8) is 0 Å². The molecule has 5 nitrogen and oxygen atoms in total. The van der Waals surface area contributed by atoms with E-state index in [9.17, 15) is 4.79 Å². The van der Waals surface area contributed by atoms with Crippen LogP contribution in [0.2, 0.25) is 0 Å². The fourth-order valence-electron chi connectivity index (χ4n) is 2.06. The third-order valence-corrected chi connectivity index (χ3v) is 3.44. The van der Waals surface area contributed by atoms with Gasteiger partial charge in [-0.3, -0.25) is 9.78 Å². The van der Waals surface area contributed by atoms with Crippen molar-refractivity contribution in [2.75, 3.05) is 5.32 Å². The molecule has 3 rings (SSSR count). The van der Waals surface area contributed by atoms with Gasteiger partial charge >= 0.3 is 0 Å². The summed E-state index contributed by atoms with van der Waals surface area (Å²) in [6.45, 7) is 3.99. The van der Waals surface area contributed by atoms with Crippen LogP contribution in [0.25, 0.3) is 11.2 Å². The van der Waals surface area contributed by atoms with Crippen LogP contribution in [-0.2, 0) is 0 Å². The average molecular weight is 278 g/mol. The highest BCUT2D eigenvalue weighted by Gasteiger charge is 2.10. The largest absolute Gasteiger partial charge is 0.322 e. The quantitative estimate of drug-likeness (QED) is 0.782. The number of hydrogen-bond donors (Lipinski definition) is 1. The van der Waals surface area contributed by atoms with E-state index in [0.29, 0.717) is 16.7 Å². The van der Waals surface area contributed by atoms with Gasteiger partial charge in [-0.1, -0.05) is 12.1 Å². The second-order valence-electron chi connectivity index (χ2n) is 4.82. The number of aromatic nitrogens is 3. The van der Waals surface area contributed by atoms with Crippen molar-refractivity contribution >= 4 is 22.8 Å². The predicted molar refractivity (Wildman–Crippen MR) is 81.2 cm³/mol. The molecule has 2 heterocycles. The zero-order valence-electron chi connectivity index (χ0n) is 11.8. The highest BCUT2D eigenvalue weighted by Crippen LogP contribution is 2.19. The number of nitrogens with one attached hydrogen (secondary N) is 1. The first-order valence-corrected chi connectivity index (χ1v) is 6.59. The van der Waals surface area contributed by atoms with Crippen molar-refractivity contribution in [1.82, 2.24) is 15.0 Å². The summed E-state index contributed by atoms with van der Waals surface area (Å²) in [5.41, 5.74) is 4.59. The minimum absolute atomic E-state index is 0.205. The third-order valence-electron chi connectivity index (χ3n) is 3.44. The highest BCUT2D eigenvalue weighted by molar-refractivity contribution is 6.05. The smallest absolute Gasteiger partial charge is 0.257 e. The molecular weight excluding hydrogens is 264 g/mol. The molecular formula is C16H14N4O. The van der Waals surface area contributed by atoms with Gasteiger partial charge in [0, 0.05) is 24.3 Å². The Kier molecular flexibility index (Phi) is 3.31. The van der Waals surface area contributed by atoms with Crippen LogP contribution in [0.4, 0.5) is 5.69 Å². The van der Waals surface area contributed by atoms with E-state index in [1.165, 1.54) is 6.20 Å². The third kappa shape index (κ3) is 2.58. The molecule has 21 heavy (non-hydrogen) atoms. The van der Waals surface area contributed by atoms with Crippen molar-refractivity contribution in [2.24, 2.45) is 0 Å². The highest BCUT2D eigenvalue weighted by atomic mass is 16.1. The Morgan fingerprint density at radius 3 is 2.76 bits per heavy atom. The molecule has 1 amide bonds. The SMILES string of the molecule is Cc1cccc(NC(=O)c2cnc3nccnc3c2)c1C. The first-order valence-electron chi connectivity index (χ1n) is 6.59. The van der Waals surface area contributed by atoms with E-state index in [2.05, 4.69) is 20.3 Å². The van der Waals surface area contributed by atoms with Crippen LogP contribution in [-0.4, -0.2) is 20.9 Å². The molecule has 1 aromatic carbocycles. The standard InChI is InChI=1S/C16H14N4O/c1-10-4-3-5-13(11(10)2)20-16(21)12-8-14-15(19-9-12)18-7-6-17-14/h3-9H,1-2H3,(H,20,21). The number of nitrogens with zero attached hydrogens (tertiary/aromatic N) is 3. The van der Waals surface area contributed by atoms with E-state index in [1.807, 2.05) is 32.0 Å². The van der Waals surface area contributed by atoms with Gasteiger partial charge in [0.05, 0.1) is 5.56 Å². The molecule has 0 aliphatic rings. The molecule has 0 fully saturated rings. The molecule has 1 N–H and O–H groups in total. The van der Waals surface area contributed by atoms with E-state index in [0.717, 1.165) is 16.8 Å². The number of rotatable bonds is 2. The molecule has 0 saturated carbocycles. The van der Waals surface area contributed by atoms with Crippen LogP contribution < -0.4 is 5.32 Å². The Bertz CT molecular complexity index is 829. The topological polar surface area (TPSA) is 67.8 Å². The Labute approximate surface area is 122 Å². The maximum Gasteiger partial charge on any atom is 0.257 e. The van der Waals surface area contributed by atoms with E-state index in [1.54, 1.807) is 18.5 Å². The monoisotopic (exact) mass is 278 g/mol. The Hall–Kier alpha value is -2.82. The molecule has 0 saturated heterocycles. The van der Waals surface area contributed by atoms with Crippen LogP contribution in [0.15, 0.2) is 42.9 Å². The number of hydrogen-bond acceptors (Lipinski definition) is 4. The number of pyridine rings is 1. The molecule has 0 aliphatic carbocycles. The Morgan fingerprint density at radius 2 is 1.90 bits per heavy atom. The van der Waals surface area contributed by atoms with Crippen LogP contribution in [0.5, 0.6) is 0 Å². The van der Waals surface area contributed by atoms with Gasteiger partial charge in [0.25, 0.3) is 5.91 Å². The summed E-state index contributed by atoms with van der Waals surface area (Å²) in [5.74, 6) is -0.205. The van der Waals surface area contributed by atoms with Crippen LogP contribution >= 0.6 is 0 Å². The maximum absolute atomic E-state index is 12.3. The fourth-order valence-corrected chi connectivity index (χ4v) is 2.06. The summed E-state index contributed by atoms with van der Waals surface area (Å²) in [4.78, 5) is 24.7. The van der Waals surface area contributed by atoms with E-state index in [-0.39, 0.29) is 5.91 Å². The van der Waals surface area contributed by atoms with Gasteiger partial charge in [-0.2, -0.15) is 0 Å². The molecule has 0 atom stereocenters. The molecule has 0 radical (unpaired) electrons. The van der Waals surface area contributed by atoms with Crippen LogP contribution in [0.1, 0.15) is 21.5 Å². The second kappa shape index (κ2) is 5.28. The van der Waals surface area contributed by atoms with E-state index < -0.39 is 0 Å². The lowest BCUT2D eigenvalue weighted by Crippen LogP contribution is -2.13. The maximum atomic E-state index is 12.3. The van der Waals surface area contributed by atoms with Gasteiger partial charge in [0.15, 0.2) is 5.65 Å². The molecule has 0 aliphatic heterocycles. The van der Waals surface area contributed by atoms with Gasteiger partial charge in [-0.15, -0.1) is 0 Å². The molecule has 104 valence electrons. The van der Waals surface area contributed by atoms with Crippen molar-refractivity contribution in [3.8, 4) is 0 Å². The summed E-state index contributed by atoms with van der Waals surface area (Å²) in [6.07, 6.45) is 4.67. The molecule has 0 unspecified atom stereocenters. The molecule has 3 aromatic rings. The number of amides is 1. The van der Waals surface area contributed by atoms with Crippen molar-refractivity contribution in [1.29, 1.82) is 0 Å². The number of aryl methyl sites for hydroxylation is 1. The predicted octanol–water partition coefficient (Wildman–Crippen LogP) is 2.89. The van der Waals surface area contributed by atoms with Gasteiger partial charge in [-0.05, 0) is 37.1 Å². The number of anilines is 1. The van der Waals surface area contributed by atoms with Crippen LogP contribution in [0, 0.1) is 13.8 Å². The van der Waals surface area contributed by atoms with Crippen molar-refractivity contribution in [2.45, 2.75) is 13.8 Å². The lowest BCUT2D eigenvalue weighted by molar-refractivity contribution is 0.102. The summed E-state index contributed by atoms with van der Waals surface area (Å²) < 4.78 is 0. The van der Waals surface area contributed by atoms with Gasteiger partial charge in [0.2, 0.25) is 0 Å². The lowest BCUT2D eigenvalue weighted by atomic mass is 10.1. The minimum Gasteiger partial charge on any atom is -0.322 e. The number of carbonyl (C=O) groups excluding carboxylic acids is 1. The second-order valence-corrected chi connectivity index (χ2v) is 4.82. The number of benzene rings is 1. The summed E-state index contributed by atoms with van der Waals surface area (Å²) >= 11 is 0. The van der Waals surface area contributed by atoms with E-state index >= 15 is 0 Å². The normalized spacial score (nSPS) is 10.6.